The Balaban J connectivity index is 2.19. The summed E-state index contributed by atoms with van der Waals surface area (Å²) in [5, 5.41) is 6.61. The Bertz CT molecular complexity index is 586. The summed E-state index contributed by atoms with van der Waals surface area (Å²) in [7, 11) is 0. The van der Waals surface area contributed by atoms with Crippen LogP contribution in [0.5, 0.6) is 0 Å². The lowest BCUT2D eigenvalue weighted by molar-refractivity contribution is 0.400. The minimum absolute atomic E-state index is 0.0154. The molecule has 2 rings (SSSR count). The van der Waals surface area contributed by atoms with Gasteiger partial charge in [-0.15, -0.1) is 11.3 Å². The summed E-state index contributed by atoms with van der Waals surface area (Å²) in [4.78, 5) is 4.52. The molecule has 0 amide bonds. The van der Waals surface area contributed by atoms with Crippen LogP contribution < -0.4 is 5.32 Å². The van der Waals surface area contributed by atoms with Crippen LogP contribution in [0.1, 0.15) is 43.0 Å². The molecule has 0 bridgehead atoms. The molecule has 21 heavy (non-hydrogen) atoms. The van der Waals surface area contributed by atoms with Gasteiger partial charge in [0.1, 0.15) is 5.82 Å². The lowest BCUT2D eigenvalue weighted by Gasteiger charge is -2.25. The molecular formula is C17H23FN2S. The molecule has 4 heteroatoms. The number of aryl methyl sites for hydroxylation is 1. The second-order valence-electron chi connectivity index (χ2n) is 6.41. The van der Waals surface area contributed by atoms with E-state index in [0.717, 1.165) is 29.2 Å². The van der Waals surface area contributed by atoms with Gasteiger partial charge in [-0.05, 0) is 45.7 Å². The number of rotatable bonds is 5. The van der Waals surface area contributed by atoms with E-state index in [1.807, 2.05) is 19.1 Å². The van der Waals surface area contributed by atoms with E-state index in [1.54, 1.807) is 17.4 Å². The smallest absolute Gasteiger partial charge is 0.126 e. The van der Waals surface area contributed by atoms with E-state index in [2.05, 4.69) is 36.5 Å². The number of nitrogens with one attached hydrogen (secondary N) is 1. The van der Waals surface area contributed by atoms with Gasteiger partial charge in [-0.25, -0.2) is 9.37 Å². The van der Waals surface area contributed by atoms with Crippen molar-refractivity contribution >= 4 is 11.3 Å². The van der Waals surface area contributed by atoms with Crippen molar-refractivity contribution < 1.29 is 4.39 Å². The third kappa shape index (κ3) is 4.90. The Morgan fingerprint density at radius 3 is 2.57 bits per heavy atom. The van der Waals surface area contributed by atoms with Gasteiger partial charge in [0, 0.05) is 23.4 Å². The Labute approximate surface area is 130 Å². The van der Waals surface area contributed by atoms with Crippen molar-refractivity contribution in [2.75, 3.05) is 6.54 Å². The van der Waals surface area contributed by atoms with E-state index in [9.17, 15) is 4.39 Å². The highest BCUT2D eigenvalue weighted by atomic mass is 32.1. The van der Waals surface area contributed by atoms with E-state index < -0.39 is 0 Å². The molecule has 1 aromatic carbocycles. The molecule has 2 aromatic rings. The lowest BCUT2D eigenvalue weighted by Crippen LogP contribution is -2.39. The van der Waals surface area contributed by atoms with Gasteiger partial charge in [-0.3, -0.25) is 0 Å². The number of halogens is 1. The molecule has 1 aromatic heterocycles. The summed E-state index contributed by atoms with van der Waals surface area (Å²) >= 11 is 1.64. The summed E-state index contributed by atoms with van der Waals surface area (Å²) < 4.78 is 14.1. The predicted molar refractivity (Wildman–Crippen MR) is 87.5 cm³/mol. The standard InChI is InChI=1S/C17H23FN2S/c1-12-20-14(11-21-12)9-13(10-19-17(2,3)4)15-7-5-6-8-16(15)18/h5-8,11,13,19H,9-10H2,1-4H3. The molecule has 0 saturated heterocycles. The summed E-state index contributed by atoms with van der Waals surface area (Å²) in [5.41, 5.74) is 1.82. The van der Waals surface area contributed by atoms with E-state index in [4.69, 9.17) is 0 Å². The maximum atomic E-state index is 14.1. The Kier molecular flexibility index (Phi) is 5.12. The number of aromatic nitrogens is 1. The zero-order chi connectivity index (χ0) is 15.5. The lowest BCUT2D eigenvalue weighted by atomic mass is 9.93. The zero-order valence-electron chi connectivity index (χ0n) is 13.1. The first-order valence-corrected chi connectivity index (χ1v) is 8.13. The number of hydrogen-bond acceptors (Lipinski definition) is 3. The maximum absolute atomic E-state index is 14.1. The Hall–Kier alpha value is -1.26. The third-order valence-corrected chi connectivity index (χ3v) is 4.17. The van der Waals surface area contributed by atoms with Gasteiger partial charge in [0.2, 0.25) is 0 Å². The fourth-order valence-corrected chi connectivity index (χ4v) is 2.91. The van der Waals surface area contributed by atoms with Crippen LogP contribution in [0, 0.1) is 12.7 Å². The van der Waals surface area contributed by atoms with Gasteiger partial charge in [0.25, 0.3) is 0 Å². The predicted octanol–water partition coefficient (Wildman–Crippen LogP) is 4.31. The van der Waals surface area contributed by atoms with Crippen LogP contribution >= 0.6 is 11.3 Å². The van der Waals surface area contributed by atoms with Gasteiger partial charge in [0.05, 0.1) is 10.7 Å². The average Bonchev–Trinajstić information content (AvgIpc) is 2.80. The first-order chi connectivity index (χ1) is 9.85. The van der Waals surface area contributed by atoms with Gasteiger partial charge in [-0.1, -0.05) is 18.2 Å². The van der Waals surface area contributed by atoms with Gasteiger partial charge >= 0.3 is 0 Å². The average molecular weight is 306 g/mol. The molecule has 1 unspecified atom stereocenters. The Morgan fingerprint density at radius 1 is 1.29 bits per heavy atom. The van der Waals surface area contributed by atoms with E-state index in [1.165, 1.54) is 6.07 Å². The monoisotopic (exact) mass is 306 g/mol. The molecule has 1 N–H and O–H groups in total. The van der Waals surface area contributed by atoms with Crippen molar-refractivity contribution in [1.29, 1.82) is 0 Å². The highest BCUT2D eigenvalue weighted by Gasteiger charge is 2.20. The normalized spacial score (nSPS) is 13.4. The SMILES string of the molecule is Cc1nc(CC(CNC(C)(C)C)c2ccccc2F)cs1. The molecule has 0 fully saturated rings. The number of thiazole rings is 1. The zero-order valence-corrected chi connectivity index (χ0v) is 13.9. The Morgan fingerprint density at radius 2 is 2.00 bits per heavy atom. The number of nitrogens with zero attached hydrogens (tertiary/aromatic N) is 1. The van der Waals surface area contributed by atoms with Gasteiger partial charge in [-0.2, -0.15) is 0 Å². The summed E-state index contributed by atoms with van der Waals surface area (Å²) in [6, 6.07) is 7.05. The minimum Gasteiger partial charge on any atom is -0.311 e. The van der Waals surface area contributed by atoms with Crippen molar-refractivity contribution in [3.05, 3.63) is 51.7 Å². The largest absolute Gasteiger partial charge is 0.311 e. The van der Waals surface area contributed by atoms with Crippen LogP contribution in [-0.4, -0.2) is 17.1 Å². The van der Waals surface area contributed by atoms with E-state index in [-0.39, 0.29) is 17.3 Å². The molecule has 2 nitrogen and oxygen atoms in total. The molecule has 0 spiro atoms. The topological polar surface area (TPSA) is 24.9 Å². The summed E-state index contributed by atoms with van der Waals surface area (Å²) in [6.07, 6.45) is 0.758. The molecule has 0 radical (unpaired) electrons. The van der Waals surface area contributed by atoms with Crippen LogP contribution in [0.4, 0.5) is 4.39 Å². The van der Waals surface area contributed by atoms with Crippen LogP contribution in [0.3, 0.4) is 0 Å². The molecule has 0 aliphatic heterocycles. The third-order valence-electron chi connectivity index (χ3n) is 3.35. The second kappa shape index (κ2) is 6.67. The second-order valence-corrected chi connectivity index (χ2v) is 7.47. The molecule has 0 aliphatic carbocycles. The van der Waals surface area contributed by atoms with E-state index in [0.29, 0.717) is 0 Å². The minimum atomic E-state index is -0.134. The highest BCUT2D eigenvalue weighted by molar-refractivity contribution is 7.09. The quantitative estimate of drug-likeness (QED) is 0.890. The molecule has 0 aliphatic rings. The molecule has 1 heterocycles. The fourth-order valence-electron chi connectivity index (χ4n) is 2.28. The van der Waals surface area contributed by atoms with Gasteiger partial charge < -0.3 is 5.32 Å². The summed E-state index contributed by atoms with van der Waals surface area (Å²) in [5.74, 6) is -0.0444. The number of hydrogen-bond donors (Lipinski definition) is 1. The van der Waals surface area contributed by atoms with Crippen molar-refractivity contribution in [2.45, 2.75) is 45.6 Å². The first-order valence-electron chi connectivity index (χ1n) is 7.25. The van der Waals surface area contributed by atoms with Crippen LogP contribution in [0.25, 0.3) is 0 Å². The fraction of sp³-hybridized carbons (Fsp3) is 0.471. The van der Waals surface area contributed by atoms with Crippen molar-refractivity contribution in [3.8, 4) is 0 Å². The molecule has 114 valence electrons. The maximum Gasteiger partial charge on any atom is 0.126 e. The van der Waals surface area contributed by atoms with Crippen LogP contribution in [0.15, 0.2) is 29.6 Å². The van der Waals surface area contributed by atoms with Gasteiger partial charge in [0.15, 0.2) is 0 Å². The van der Waals surface area contributed by atoms with E-state index >= 15 is 0 Å². The van der Waals surface area contributed by atoms with Crippen molar-refractivity contribution in [3.63, 3.8) is 0 Å². The molecule has 0 saturated carbocycles. The van der Waals surface area contributed by atoms with Crippen molar-refractivity contribution in [1.82, 2.24) is 10.3 Å². The molecular weight excluding hydrogens is 283 g/mol. The number of benzene rings is 1. The van der Waals surface area contributed by atoms with Crippen LogP contribution in [0.2, 0.25) is 0 Å². The van der Waals surface area contributed by atoms with Crippen LogP contribution in [-0.2, 0) is 6.42 Å². The summed E-state index contributed by atoms with van der Waals surface area (Å²) in [6.45, 7) is 9.11. The molecule has 1 atom stereocenters. The van der Waals surface area contributed by atoms with Crippen molar-refractivity contribution in [2.24, 2.45) is 0 Å². The first kappa shape index (κ1) is 16.1. The highest BCUT2D eigenvalue weighted by Crippen LogP contribution is 2.24.